The molecule has 0 aromatic heterocycles. The van der Waals surface area contributed by atoms with Gasteiger partial charge in [0.15, 0.2) is 0 Å². The lowest BCUT2D eigenvalue weighted by Gasteiger charge is -2.32. The molecule has 3 N–H and O–H groups in total. The molecule has 0 aliphatic carbocycles. The monoisotopic (exact) mass is 410 g/mol. The average molecular weight is 410 g/mol. The van der Waals surface area contributed by atoms with Crippen LogP contribution in [0.15, 0.2) is 65.6 Å². The maximum absolute atomic E-state index is 11.7. The van der Waals surface area contributed by atoms with Crippen LogP contribution in [0.5, 0.6) is 0 Å². The molecule has 2 aromatic rings. The number of carbonyl (C=O) groups excluding carboxylic acids is 1. The zero-order valence-electron chi connectivity index (χ0n) is 16.0. The Labute approximate surface area is 165 Å². The number of carbonyl (C=O) groups is 1. The molecule has 2 aromatic carbocycles. The predicted octanol–water partition coefficient (Wildman–Crippen LogP) is 2.54. The highest BCUT2D eigenvalue weighted by molar-refractivity contribution is 7.85. The van der Waals surface area contributed by atoms with Gasteiger partial charge in [0, 0.05) is 5.41 Å². The molecular formula is C20H26O7S. The molecule has 7 nitrogen and oxygen atoms in total. The Morgan fingerprint density at radius 3 is 1.86 bits per heavy atom. The van der Waals surface area contributed by atoms with E-state index in [1.54, 1.807) is 63.2 Å². The van der Waals surface area contributed by atoms with Crippen LogP contribution in [0.4, 0.5) is 0 Å². The van der Waals surface area contributed by atoms with Crippen molar-refractivity contribution < 1.29 is 32.7 Å². The normalized spacial score (nSPS) is 13.6. The van der Waals surface area contributed by atoms with Gasteiger partial charge >= 0.3 is 5.97 Å². The summed E-state index contributed by atoms with van der Waals surface area (Å²) in [6.07, 6.45) is -1.60. The largest absolute Gasteiger partial charge is 0.459 e. The van der Waals surface area contributed by atoms with E-state index >= 15 is 0 Å². The summed E-state index contributed by atoms with van der Waals surface area (Å²) in [7, 11) is -4.00. The Morgan fingerprint density at radius 2 is 1.46 bits per heavy atom. The first-order chi connectivity index (χ1) is 13.0. The van der Waals surface area contributed by atoms with Gasteiger partial charge in [-0.15, -0.1) is 0 Å². The Bertz CT molecular complexity index is 831. The number of benzene rings is 2. The van der Waals surface area contributed by atoms with E-state index in [0.717, 1.165) is 0 Å². The van der Waals surface area contributed by atoms with Crippen molar-refractivity contribution in [3.05, 3.63) is 66.2 Å². The minimum Gasteiger partial charge on any atom is -0.459 e. The van der Waals surface area contributed by atoms with Crippen LogP contribution in [0.1, 0.15) is 31.1 Å². The van der Waals surface area contributed by atoms with Crippen LogP contribution in [0, 0.1) is 5.41 Å². The highest BCUT2D eigenvalue weighted by Crippen LogP contribution is 2.25. The van der Waals surface area contributed by atoms with Crippen molar-refractivity contribution in [2.24, 2.45) is 5.41 Å². The van der Waals surface area contributed by atoms with Gasteiger partial charge in [0.05, 0.1) is 22.7 Å². The summed E-state index contributed by atoms with van der Waals surface area (Å²) >= 11 is 0. The maximum Gasteiger partial charge on any atom is 0.338 e. The van der Waals surface area contributed by atoms with Crippen LogP contribution in [0.3, 0.4) is 0 Å². The molecule has 0 aliphatic heterocycles. The molecule has 0 saturated carbocycles. The molecule has 154 valence electrons. The van der Waals surface area contributed by atoms with E-state index in [-0.39, 0.29) is 11.5 Å². The highest BCUT2D eigenvalue weighted by atomic mass is 32.2. The lowest BCUT2D eigenvalue weighted by atomic mass is 9.82. The minimum atomic E-state index is -4.00. The van der Waals surface area contributed by atoms with E-state index in [9.17, 15) is 23.4 Å². The SMILES string of the molecule is CC(O)C(C)(C)C(O)COC(=O)c1ccccc1.O=S(=O)(O)c1ccccc1. The molecule has 0 heterocycles. The van der Waals surface area contributed by atoms with Crippen molar-refractivity contribution in [2.75, 3.05) is 6.61 Å². The zero-order valence-corrected chi connectivity index (χ0v) is 16.8. The lowest BCUT2D eigenvalue weighted by Crippen LogP contribution is -2.41. The number of esters is 1. The van der Waals surface area contributed by atoms with Crippen LogP contribution in [-0.4, -0.2) is 48.0 Å². The van der Waals surface area contributed by atoms with Gasteiger partial charge in [0.2, 0.25) is 0 Å². The summed E-state index contributed by atoms with van der Waals surface area (Å²) in [4.78, 5) is 11.6. The maximum atomic E-state index is 11.7. The Balaban J connectivity index is 0.000000330. The smallest absolute Gasteiger partial charge is 0.338 e. The van der Waals surface area contributed by atoms with Gasteiger partial charge in [-0.05, 0) is 31.2 Å². The second-order valence-corrected chi connectivity index (χ2v) is 8.19. The molecule has 0 bridgehead atoms. The quantitative estimate of drug-likeness (QED) is 0.494. The van der Waals surface area contributed by atoms with Crippen LogP contribution >= 0.6 is 0 Å². The minimum absolute atomic E-state index is 0.0741. The zero-order chi connectivity index (χ0) is 21.4. The second-order valence-electron chi connectivity index (χ2n) is 6.77. The predicted molar refractivity (Wildman–Crippen MR) is 104 cm³/mol. The average Bonchev–Trinajstić information content (AvgIpc) is 2.66. The summed E-state index contributed by atoms with van der Waals surface area (Å²) in [5, 5.41) is 19.4. The molecule has 2 atom stereocenters. The van der Waals surface area contributed by atoms with Crippen molar-refractivity contribution in [1.82, 2.24) is 0 Å². The fourth-order valence-corrected chi connectivity index (χ4v) is 2.40. The molecule has 2 unspecified atom stereocenters. The van der Waals surface area contributed by atoms with Gasteiger partial charge in [-0.2, -0.15) is 8.42 Å². The molecule has 0 amide bonds. The first-order valence-corrected chi connectivity index (χ1v) is 10.0. The molecule has 0 radical (unpaired) electrons. The summed E-state index contributed by atoms with van der Waals surface area (Å²) in [5.74, 6) is -0.476. The van der Waals surface area contributed by atoms with E-state index in [1.807, 2.05) is 6.07 Å². The van der Waals surface area contributed by atoms with Crippen molar-refractivity contribution >= 4 is 16.1 Å². The van der Waals surface area contributed by atoms with Crippen LogP contribution < -0.4 is 0 Å². The summed E-state index contributed by atoms with van der Waals surface area (Å²) < 4.78 is 34.3. The Kier molecular flexibility index (Phi) is 8.77. The van der Waals surface area contributed by atoms with Gasteiger partial charge < -0.3 is 14.9 Å². The molecule has 0 spiro atoms. The number of aliphatic hydroxyl groups is 2. The van der Waals surface area contributed by atoms with E-state index in [2.05, 4.69) is 0 Å². The first kappa shape index (κ1) is 23.8. The summed E-state index contributed by atoms with van der Waals surface area (Å²) in [6.45, 7) is 4.91. The van der Waals surface area contributed by atoms with Crippen molar-refractivity contribution in [1.29, 1.82) is 0 Å². The third-order valence-electron chi connectivity index (χ3n) is 4.36. The number of ether oxygens (including phenoxy) is 1. The molecule has 8 heteroatoms. The van der Waals surface area contributed by atoms with Crippen molar-refractivity contribution in [3.63, 3.8) is 0 Å². The number of hydrogen-bond acceptors (Lipinski definition) is 6. The molecule has 2 rings (SSSR count). The molecule has 0 aliphatic rings. The van der Waals surface area contributed by atoms with E-state index in [4.69, 9.17) is 9.29 Å². The first-order valence-electron chi connectivity index (χ1n) is 8.57. The summed E-state index contributed by atoms with van der Waals surface area (Å²) in [6, 6.07) is 16.0. The standard InChI is InChI=1S/C14H20O4.C6H6O3S/c1-10(15)14(2,3)12(16)9-18-13(17)11-7-5-4-6-8-11;7-10(8,9)6-4-2-1-3-5-6/h4-8,10,12,15-16H,9H2,1-3H3;1-5H,(H,7,8,9). The fraction of sp³-hybridized carbons (Fsp3) is 0.350. The summed E-state index contributed by atoms with van der Waals surface area (Å²) in [5.41, 5.74) is -0.281. The molecule has 0 saturated heterocycles. The third kappa shape index (κ3) is 7.40. The Hall–Kier alpha value is -2.26. The third-order valence-corrected chi connectivity index (χ3v) is 5.23. The second kappa shape index (κ2) is 10.3. The molecule has 28 heavy (non-hydrogen) atoms. The van der Waals surface area contributed by atoms with Crippen LogP contribution in [0.25, 0.3) is 0 Å². The molecular weight excluding hydrogens is 384 g/mol. The van der Waals surface area contributed by atoms with E-state index in [0.29, 0.717) is 5.56 Å². The van der Waals surface area contributed by atoms with Crippen LogP contribution in [-0.2, 0) is 14.9 Å². The Morgan fingerprint density at radius 1 is 1.00 bits per heavy atom. The fourth-order valence-electron chi connectivity index (χ4n) is 1.90. The van der Waals surface area contributed by atoms with Crippen LogP contribution in [0.2, 0.25) is 0 Å². The van der Waals surface area contributed by atoms with Gasteiger partial charge in [-0.1, -0.05) is 50.2 Å². The van der Waals surface area contributed by atoms with Gasteiger partial charge in [-0.25, -0.2) is 4.79 Å². The van der Waals surface area contributed by atoms with Gasteiger partial charge in [0.25, 0.3) is 10.1 Å². The van der Waals surface area contributed by atoms with Gasteiger partial charge in [0.1, 0.15) is 6.61 Å². The van der Waals surface area contributed by atoms with Crippen molar-refractivity contribution in [2.45, 2.75) is 37.9 Å². The van der Waals surface area contributed by atoms with Crippen molar-refractivity contribution in [3.8, 4) is 0 Å². The van der Waals surface area contributed by atoms with E-state index in [1.165, 1.54) is 12.1 Å². The lowest BCUT2D eigenvalue weighted by molar-refractivity contribution is -0.0672. The number of hydrogen-bond donors (Lipinski definition) is 3. The van der Waals surface area contributed by atoms with E-state index < -0.39 is 33.7 Å². The number of aliphatic hydroxyl groups excluding tert-OH is 2. The van der Waals surface area contributed by atoms with Gasteiger partial charge in [-0.3, -0.25) is 4.55 Å². The topological polar surface area (TPSA) is 121 Å². The highest BCUT2D eigenvalue weighted by Gasteiger charge is 2.33. The molecule has 0 fully saturated rings. The number of rotatable bonds is 6.